The predicted molar refractivity (Wildman–Crippen MR) is 89.9 cm³/mol. The van der Waals surface area contributed by atoms with Gasteiger partial charge in [-0.25, -0.2) is 4.98 Å². The maximum atomic E-state index is 12.3. The zero-order valence-electron chi connectivity index (χ0n) is 13.3. The van der Waals surface area contributed by atoms with Crippen LogP contribution in [-0.2, 0) is 11.2 Å². The van der Waals surface area contributed by atoms with Crippen LogP contribution in [0.4, 0.5) is 0 Å². The molecule has 0 bridgehead atoms. The number of hydrogen-bond donors (Lipinski definition) is 2. The molecule has 118 valence electrons. The van der Waals surface area contributed by atoms with Crippen molar-refractivity contribution in [3.63, 3.8) is 0 Å². The van der Waals surface area contributed by atoms with Crippen molar-refractivity contribution in [2.45, 2.75) is 32.7 Å². The summed E-state index contributed by atoms with van der Waals surface area (Å²) in [6, 6.07) is 7.88. The van der Waals surface area contributed by atoms with Crippen LogP contribution in [-0.4, -0.2) is 20.9 Å². The SMILES string of the molecule is CCC(NC(=O)Cc1ccc2cnccc2c1)c1ncc(C)[nH]1. The maximum Gasteiger partial charge on any atom is 0.225 e. The fraction of sp³-hybridized carbons (Fsp3) is 0.278. The first kappa shape index (κ1) is 15.2. The molecule has 1 atom stereocenters. The van der Waals surface area contributed by atoms with Crippen LogP contribution in [0.1, 0.15) is 36.5 Å². The van der Waals surface area contributed by atoms with Crippen LogP contribution in [0.2, 0.25) is 0 Å². The smallest absolute Gasteiger partial charge is 0.225 e. The summed E-state index contributed by atoms with van der Waals surface area (Å²) in [6.45, 7) is 3.99. The fourth-order valence-electron chi connectivity index (χ4n) is 2.65. The number of hydrogen-bond acceptors (Lipinski definition) is 3. The van der Waals surface area contributed by atoms with Crippen LogP contribution in [0, 0.1) is 6.92 Å². The summed E-state index contributed by atoms with van der Waals surface area (Å²) in [6.07, 6.45) is 6.52. The Morgan fingerprint density at radius 1 is 1.26 bits per heavy atom. The summed E-state index contributed by atoms with van der Waals surface area (Å²) in [5.41, 5.74) is 1.99. The Morgan fingerprint density at radius 3 is 2.87 bits per heavy atom. The number of aryl methyl sites for hydroxylation is 1. The first-order chi connectivity index (χ1) is 11.2. The van der Waals surface area contributed by atoms with Crippen LogP contribution in [0.5, 0.6) is 0 Å². The van der Waals surface area contributed by atoms with Crippen molar-refractivity contribution in [2.24, 2.45) is 0 Å². The Kier molecular flexibility index (Phi) is 4.37. The molecule has 1 amide bonds. The molecule has 5 nitrogen and oxygen atoms in total. The second kappa shape index (κ2) is 6.60. The standard InChI is InChI=1S/C18H20N4O/c1-3-16(18-20-10-12(2)21-18)22-17(23)9-13-4-5-15-11-19-7-6-14(15)8-13/h4-8,10-11,16H,3,9H2,1-2H3,(H,20,21)(H,22,23). The third kappa shape index (κ3) is 3.56. The molecule has 1 aromatic carbocycles. The van der Waals surface area contributed by atoms with Gasteiger partial charge in [-0.15, -0.1) is 0 Å². The molecule has 0 saturated carbocycles. The van der Waals surface area contributed by atoms with Crippen LogP contribution >= 0.6 is 0 Å². The lowest BCUT2D eigenvalue weighted by molar-refractivity contribution is -0.121. The highest BCUT2D eigenvalue weighted by Crippen LogP contribution is 2.16. The summed E-state index contributed by atoms with van der Waals surface area (Å²) in [7, 11) is 0. The number of nitrogens with zero attached hydrogens (tertiary/aromatic N) is 2. The van der Waals surface area contributed by atoms with Crippen molar-refractivity contribution in [3.8, 4) is 0 Å². The Bertz CT molecular complexity index is 825. The van der Waals surface area contributed by atoms with Gasteiger partial charge >= 0.3 is 0 Å². The number of aromatic amines is 1. The summed E-state index contributed by atoms with van der Waals surface area (Å²) in [5, 5.41) is 5.22. The van der Waals surface area contributed by atoms with E-state index in [9.17, 15) is 4.79 Å². The number of benzene rings is 1. The number of aromatic nitrogens is 3. The quantitative estimate of drug-likeness (QED) is 0.761. The van der Waals surface area contributed by atoms with Crippen LogP contribution in [0.25, 0.3) is 10.8 Å². The molecule has 0 fully saturated rings. The summed E-state index contributed by atoms with van der Waals surface area (Å²) >= 11 is 0. The van der Waals surface area contributed by atoms with E-state index in [1.54, 1.807) is 12.4 Å². The molecule has 23 heavy (non-hydrogen) atoms. The number of carbonyl (C=O) groups is 1. The van der Waals surface area contributed by atoms with E-state index in [0.29, 0.717) is 6.42 Å². The number of nitrogens with one attached hydrogen (secondary N) is 2. The van der Waals surface area contributed by atoms with Gasteiger partial charge in [0.15, 0.2) is 0 Å². The van der Waals surface area contributed by atoms with Gasteiger partial charge < -0.3 is 10.3 Å². The second-order valence-electron chi connectivity index (χ2n) is 5.71. The highest BCUT2D eigenvalue weighted by Gasteiger charge is 2.15. The van der Waals surface area contributed by atoms with Crippen molar-refractivity contribution in [2.75, 3.05) is 0 Å². The first-order valence-corrected chi connectivity index (χ1v) is 7.79. The first-order valence-electron chi connectivity index (χ1n) is 7.79. The van der Waals surface area contributed by atoms with E-state index in [2.05, 4.69) is 20.3 Å². The lowest BCUT2D eigenvalue weighted by Gasteiger charge is -2.15. The predicted octanol–water partition coefficient (Wildman–Crippen LogP) is 3.08. The Balaban J connectivity index is 1.69. The molecule has 2 heterocycles. The fourth-order valence-corrected chi connectivity index (χ4v) is 2.65. The molecule has 2 aromatic heterocycles. The highest BCUT2D eigenvalue weighted by atomic mass is 16.1. The topological polar surface area (TPSA) is 70.7 Å². The maximum absolute atomic E-state index is 12.3. The molecule has 0 saturated heterocycles. The third-order valence-corrected chi connectivity index (χ3v) is 3.87. The van der Waals surface area contributed by atoms with Gasteiger partial charge in [-0.05, 0) is 30.4 Å². The molecule has 0 aliphatic carbocycles. The normalized spacial score (nSPS) is 12.3. The zero-order chi connectivity index (χ0) is 16.2. The molecular formula is C18H20N4O. The Labute approximate surface area is 135 Å². The Hall–Kier alpha value is -2.69. The number of rotatable bonds is 5. The number of imidazole rings is 1. The van der Waals surface area contributed by atoms with Crippen molar-refractivity contribution in [1.82, 2.24) is 20.3 Å². The lowest BCUT2D eigenvalue weighted by Crippen LogP contribution is -2.30. The van der Waals surface area contributed by atoms with E-state index in [1.165, 1.54) is 0 Å². The van der Waals surface area contributed by atoms with Crippen molar-refractivity contribution >= 4 is 16.7 Å². The number of pyridine rings is 1. The molecule has 0 aliphatic heterocycles. The van der Waals surface area contributed by atoms with Gasteiger partial charge in [0.25, 0.3) is 0 Å². The minimum absolute atomic E-state index is 0.000640. The average Bonchev–Trinajstić information content (AvgIpc) is 2.99. The molecule has 0 radical (unpaired) electrons. The molecule has 1 unspecified atom stereocenters. The van der Waals surface area contributed by atoms with Crippen molar-refractivity contribution in [1.29, 1.82) is 0 Å². The lowest BCUT2D eigenvalue weighted by atomic mass is 10.1. The van der Waals surface area contributed by atoms with E-state index in [-0.39, 0.29) is 11.9 Å². The molecule has 2 N–H and O–H groups in total. The molecule has 0 spiro atoms. The van der Waals surface area contributed by atoms with Gasteiger partial charge in [-0.3, -0.25) is 9.78 Å². The monoisotopic (exact) mass is 308 g/mol. The number of H-pyrrole nitrogens is 1. The van der Waals surface area contributed by atoms with Crippen LogP contribution in [0.3, 0.4) is 0 Å². The van der Waals surface area contributed by atoms with E-state index in [4.69, 9.17) is 0 Å². The van der Waals surface area contributed by atoms with Crippen molar-refractivity contribution in [3.05, 3.63) is 59.9 Å². The second-order valence-corrected chi connectivity index (χ2v) is 5.71. The number of amides is 1. The minimum atomic E-state index is -0.0825. The van der Waals surface area contributed by atoms with Crippen molar-refractivity contribution < 1.29 is 4.79 Å². The zero-order valence-corrected chi connectivity index (χ0v) is 13.3. The number of fused-ring (bicyclic) bond motifs is 1. The van der Waals surface area contributed by atoms with Gasteiger partial charge in [-0.1, -0.05) is 25.1 Å². The van der Waals surface area contributed by atoms with Gasteiger partial charge in [-0.2, -0.15) is 0 Å². The Morgan fingerprint density at radius 2 is 2.13 bits per heavy atom. The van der Waals surface area contributed by atoms with E-state index in [0.717, 1.165) is 34.3 Å². The molecule has 3 rings (SSSR count). The summed E-state index contributed by atoms with van der Waals surface area (Å²) in [4.78, 5) is 23.9. The van der Waals surface area contributed by atoms with Gasteiger partial charge in [0.2, 0.25) is 5.91 Å². The van der Waals surface area contributed by atoms with Gasteiger partial charge in [0, 0.05) is 29.7 Å². The molecule has 3 aromatic rings. The average molecular weight is 308 g/mol. The van der Waals surface area contributed by atoms with Crippen LogP contribution < -0.4 is 5.32 Å². The van der Waals surface area contributed by atoms with E-state index >= 15 is 0 Å². The van der Waals surface area contributed by atoms with Gasteiger partial charge in [0.1, 0.15) is 5.82 Å². The molecule has 0 aliphatic rings. The van der Waals surface area contributed by atoms with Gasteiger partial charge in [0.05, 0.1) is 12.5 Å². The van der Waals surface area contributed by atoms with E-state index < -0.39 is 0 Å². The largest absolute Gasteiger partial charge is 0.346 e. The van der Waals surface area contributed by atoms with Crippen LogP contribution in [0.15, 0.2) is 42.9 Å². The molecule has 5 heteroatoms. The minimum Gasteiger partial charge on any atom is -0.346 e. The summed E-state index contributed by atoms with van der Waals surface area (Å²) in [5.74, 6) is 0.808. The number of carbonyl (C=O) groups excluding carboxylic acids is 1. The highest BCUT2D eigenvalue weighted by molar-refractivity contribution is 5.84. The third-order valence-electron chi connectivity index (χ3n) is 3.87. The molecular weight excluding hydrogens is 288 g/mol. The summed E-state index contributed by atoms with van der Waals surface area (Å²) < 4.78 is 0. The van der Waals surface area contributed by atoms with E-state index in [1.807, 2.05) is 44.3 Å².